The molecule has 0 fully saturated rings. The SMILES string of the molecule is NC1CCN(Cc2ccccc2)c2ccc(F)cc21. The van der Waals surface area contributed by atoms with Crippen LogP contribution in [0.15, 0.2) is 48.5 Å². The molecule has 2 aromatic carbocycles. The Balaban J connectivity index is 1.91. The van der Waals surface area contributed by atoms with E-state index in [0.29, 0.717) is 0 Å². The minimum atomic E-state index is -0.212. The average Bonchev–Trinajstić information content (AvgIpc) is 2.43. The lowest BCUT2D eigenvalue weighted by Crippen LogP contribution is -2.33. The van der Waals surface area contributed by atoms with Crippen molar-refractivity contribution in [2.75, 3.05) is 11.4 Å². The predicted octanol–water partition coefficient (Wildman–Crippen LogP) is 3.24. The summed E-state index contributed by atoms with van der Waals surface area (Å²) in [5.41, 5.74) is 9.31. The highest BCUT2D eigenvalue weighted by molar-refractivity contribution is 5.57. The third-order valence-electron chi connectivity index (χ3n) is 3.66. The number of nitrogens with two attached hydrogens (primary N) is 1. The highest BCUT2D eigenvalue weighted by Crippen LogP contribution is 2.33. The second-order valence-electron chi connectivity index (χ2n) is 5.01. The lowest BCUT2D eigenvalue weighted by Gasteiger charge is -2.34. The number of hydrogen-bond acceptors (Lipinski definition) is 2. The van der Waals surface area contributed by atoms with E-state index >= 15 is 0 Å². The van der Waals surface area contributed by atoms with Crippen molar-refractivity contribution in [3.8, 4) is 0 Å². The molecule has 19 heavy (non-hydrogen) atoms. The average molecular weight is 256 g/mol. The number of nitrogens with zero attached hydrogens (tertiary/aromatic N) is 1. The van der Waals surface area contributed by atoms with Crippen molar-refractivity contribution in [3.63, 3.8) is 0 Å². The normalized spacial score (nSPS) is 18.2. The molecule has 0 bridgehead atoms. The number of fused-ring (bicyclic) bond motifs is 1. The number of hydrogen-bond donors (Lipinski definition) is 1. The van der Waals surface area contributed by atoms with Gasteiger partial charge in [0.25, 0.3) is 0 Å². The molecule has 0 aliphatic carbocycles. The van der Waals surface area contributed by atoms with Crippen molar-refractivity contribution >= 4 is 5.69 Å². The Labute approximate surface area is 112 Å². The highest BCUT2D eigenvalue weighted by Gasteiger charge is 2.22. The summed E-state index contributed by atoms with van der Waals surface area (Å²) in [4.78, 5) is 2.27. The van der Waals surface area contributed by atoms with Crippen LogP contribution in [0.4, 0.5) is 10.1 Å². The Morgan fingerprint density at radius 3 is 2.74 bits per heavy atom. The van der Waals surface area contributed by atoms with Crippen molar-refractivity contribution in [3.05, 3.63) is 65.5 Å². The van der Waals surface area contributed by atoms with Crippen LogP contribution in [0, 0.1) is 5.82 Å². The number of anilines is 1. The van der Waals surface area contributed by atoms with E-state index in [1.807, 2.05) is 24.3 Å². The Morgan fingerprint density at radius 2 is 1.95 bits per heavy atom. The van der Waals surface area contributed by atoms with Crippen LogP contribution >= 0.6 is 0 Å². The summed E-state index contributed by atoms with van der Waals surface area (Å²) in [6, 6.07) is 15.2. The van der Waals surface area contributed by atoms with Crippen molar-refractivity contribution < 1.29 is 4.39 Å². The predicted molar refractivity (Wildman–Crippen MR) is 75.4 cm³/mol. The molecular weight excluding hydrogens is 239 g/mol. The minimum absolute atomic E-state index is 0.0577. The molecule has 2 N–H and O–H groups in total. The molecule has 1 aliphatic rings. The molecule has 0 spiro atoms. The van der Waals surface area contributed by atoms with Crippen LogP contribution in [0.25, 0.3) is 0 Å². The van der Waals surface area contributed by atoms with E-state index in [-0.39, 0.29) is 11.9 Å². The van der Waals surface area contributed by atoms with Gasteiger partial charge >= 0.3 is 0 Å². The first-order valence-corrected chi connectivity index (χ1v) is 6.58. The molecule has 0 aromatic heterocycles. The molecule has 98 valence electrons. The largest absolute Gasteiger partial charge is 0.367 e. The lowest BCUT2D eigenvalue weighted by atomic mass is 9.96. The van der Waals surface area contributed by atoms with E-state index < -0.39 is 0 Å². The maximum absolute atomic E-state index is 13.3. The van der Waals surface area contributed by atoms with E-state index in [2.05, 4.69) is 17.0 Å². The van der Waals surface area contributed by atoms with Crippen molar-refractivity contribution in [1.82, 2.24) is 0 Å². The van der Waals surface area contributed by atoms with Crippen LogP contribution in [0.5, 0.6) is 0 Å². The van der Waals surface area contributed by atoms with Gasteiger partial charge < -0.3 is 10.6 Å². The quantitative estimate of drug-likeness (QED) is 0.893. The van der Waals surface area contributed by atoms with Crippen LogP contribution in [0.3, 0.4) is 0 Å². The summed E-state index contributed by atoms with van der Waals surface area (Å²) < 4.78 is 13.3. The Morgan fingerprint density at radius 1 is 1.16 bits per heavy atom. The Bertz CT molecular complexity index is 568. The van der Waals surface area contributed by atoms with E-state index in [9.17, 15) is 4.39 Å². The highest BCUT2D eigenvalue weighted by atomic mass is 19.1. The van der Waals surface area contributed by atoms with E-state index in [1.54, 1.807) is 6.07 Å². The van der Waals surface area contributed by atoms with Crippen LogP contribution in [0.2, 0.25) is 0 Å². The summed E-state index contributed by atoms with van der Waals surface area (Å²) in [6.45, 7) is 1.75. The molecular formula is C16H17FN2. The summed E-state index contributed by atoms with van der Waals surface area (Å²) in [7, 11) is 0. The van der Waals surface area contributed by atoms with Gasteiger partial charge in [-0.05, 0) is 35.7 Å². The van der Waals surface area contributed by atoms with Gasteiger partial charge in [0, 0.05) is 24.8 Å². The smallest absolute Gasteiger partial charge is 0.123 e. The van der Waals surface area contributed by atoms with Crippen LogP contribution < -0.4 is 10.6 Å². The number of halogens is 1. The second kappa shape index (κ2) is 5.02. The molecule has 1 atom stereocenters. The first kappa shape index (κ1) is 12.2. The van der Waals surface area contributed by atoms with E-state index in [1.165, 1.54) is 11.6 Å². The maximum Gasteiger partial charge on any atom is 0.123 e. The fraction of sp³-hybridized carbons (Fsp3) is 0.250. The van der Waals surface area contributed by atoms with Crippen molar-refractivity contribution in [1.29, 1.82) is 0 Å². The van der Waals surface area contributed by atoms with Crippen LogP contribution in [0.1, 0.15) is 23.6 Å². The van der Waals surface area contributed by atoms with Crippen LogP contribution in [-0.4, -0.2) is 6.54 Å². The van der Waals surface area contributed by atoms with Gasteiger partial charge in [-0.2, -0.15) is 0 Å². The van der Waals surface area contributed by atoms with Crippen LogP contribution in [-0.2, 0) is 6.54 Å². The van der Waals surface area contributed by atoms with Gasteiger partial charge in [-0.1, -0.05) is 30.3 Å². The Kier molecular flexibility index (Phi) is 3.22. The third kappa shape index (κ3) is 2.47. The first-order valence-electron chi connectivity index (χ1n) is 6.58. The maximum atomic E-state index is 13.3. The molecule has 3 rings (SSSR count). The van der Waals surface area contributed by atoms with Gasteiger partial charge in [-0.25, -0.2) is 4.39 Å². The molecule has 0 amide bonds. The summed E-state index contributed by atoms with van der Waals surface area (Å²) in [6.07, 6.45) is 0.864. The van der Waals surface area contributed by atoms with Gasteiger partial charge in [0.1, 0.15) is 5.82 Å². The van der Waals surface area contributed by atoms with Gasteiger partial charge in [0.2, 0.25) is 0 Å². The fourth-order valence-corrected chi connectivity index (χ4v) is 2.65. The van der Waals surface area contributed by atoms with Gasteiger partial charge in [-0.3, -0.25) is 0 Å². The molecule has 2 nitrogen and oxygen atoms in total. The van der Waals surface area contributed by atoms with Gasteiger partial charge in [0.15, 0.2) is 0 Å². The number of rotatable bonds is 2. The zero-order chi connectivity index (χ0) is 13.2. The van der Waals surface area contributed by atoms with Gasteiger partial charge in [0.05, 0.1) is 0 Å². The number of benzene rings is 2. The Hall–Kier alpha value is -1.87. The molecule has 3 heteroatoms. The minimum Gasteiger partial charge on any atom is -0.367 e. The van der Waals surface area contributed by atoms with Crippen molar-refractivity contribution in [2.45, 2.75) is 19.0 Å². The molecule has 0 radical (unpaired) electrons. The van der Waals surface area contributed by atoms with E-state index in [0.717, 1.165) is 30.8 Å². The molecule has 2 aromatic rings. The summed E-state index contributed by atoms with van der Waals surface area (Å²) in [5.74, 6) is -0.212. The second-order valence-corrected chi connectivity index (χ2v) is 5.01. The fourth-order valence-electron chi connectivity index (χ4n) is 2.65. The summed E-state index contributed by atoms with van der Waals surface area (Å²) >= 11 is 0. The zero-order valence-electron chi connectivity index (χ0n) is 10.7. The molecule has 0 saturated carbocycles. The van der Waals surface area contributed by atoms with E-state index in [4.69, 9.17) is 5.73 Å². The molecule has 1 heterocycles. The van der Waals surface area contributed by atoms with Crippen molar-refractivity contribution in [2.24, 2.45) is 5.73 Å². The lowest BCUT2D eigenvalue weighted by molar-refractivity contribution is 0.575. The first-order chi connectivity index (χ1) is 9.24. The standard InChI is InChI=1S/C16H17FN2/c17-13-6-7-16-14(10-13)15(18)8-9-19(16)11-12-4-2-1-3-5-12/h1-7,10,15H,8-9,11,18H2. The molecule has 1 unspecified atom stereocenters. The molecule has 0 saturated heterocycles. The summed E-state index contributed by atoms with van der Waals surface area (Å²) in [5, 5.41) is 0. The monoisotopic (exact) mass is 256 g/mol. The van der Waals surface area contributed by atoms with Gasteiger partial charge in [-0.15, -0.1) is 0 Å². The molecule has 1 aliphatic heterocycles. The third-order valence-corrected chi connectivity index (χ3v) is 3.66. The zero-order valence-corrected chi connectivity index (χ0v) is 10.7. The topological polar surface area (TPSA) is 29.3 Å².